The standard InChI is InChI=1S/C19H22F2N4/c20-14-7-13(8-15(21)9-14)16-10-25(11-17-22-3-4-23-17)18-12-1-5-24(6-2-12)19(16)18/h3-4,7-9,12,16,18-19H,1-2,5-6,10-11H2,(H,22,23)/t16-,18-,19-/m0/s1. The molecule has 6 rings (SSSR count). The Morgan fingerprint density at radius 2 is 1.84 bits per heavy atom. The molecule has 132 valence electrons. The Balaban J connectivity index is 1.51. The molecular formula is C19H22F2N4. The number of fused-ring (bicyclic) bond motifs is 2. The summed E-state index contributed by atoms with van der Waals surface area (Å²) in [6.45, 7) is 3.81. The summed E-state index contributed by atoms with van der Waals surface area (Å²) in [7, 11) is 0. The molecule has 4 saturated heterocycles. The van der Waals surface area contributed by atoms with E-state index in [4.69, 9.17) is 0 Å². The first-order valence-electron chi connectivity index (χ1n) is 9.11. The third-order valence-corrected chi connectivity index (χ3v) is 6.31. The van der Waals surface area contributed by atoms with Crippen LogP contribution in [0.1, 0.15) is 30.1 Å². The highest BCUT2D eigenvalue weighted by Crippen LogP contribution is 2.47. The van der Waals surface area contributed by atoms with Crippen molar-refractivity contribution < 1.29 is 8.78 Å². The molecule has 0 radical (unpaired) electrons. The van der Waals surface area contributed by atoms with Gasteiger partial charge in [0.25, 0.3) is 0 Å². The summed E-state index contributed by atoms with van der Waals surface area (Å²) in [6, 6.07) is 4.80. The van der Waals surface area contributed by atoms with Gasteiger partial charge < -0.3 is 4.98 Å². The van der Waals surface area contributed by atoms with Gasteiger partial charge in [0.15, 0.2) is 0 Å². The van der Waals surface area contributed by atoms with Gasteiger partial charge in [-0.15, -0.1) is 0 Å². The molecule has 2 aromatic rings. The minimum absolute atomic E-state index is 0.147. The second-order valence-electron chi connectivity index (χ2n) is 7.63. The molecule has 25 heavy (non-hydrogen) atoms. The normalized spacial score (nSPS) is 34.4. The highest BCUT2D eigenvalue weighted by atomic mass is 19.1. The first-order valence-corrected chi connectivity index (χ1v) is 9.11. The van der Waals surface area contributed by atoms with Crippen LogP contribution in [0.3, 0.4) is 0 Å². The van der Waals surface area contributed by atoms with Crippen LogP contribution in [0.25, 0.3) is 0 Å². The Labute approximate surface area is 145 Å². The van der Waals surface area contributed by atoms with E-state index in [1.54, 1.807) is 6.20 Å². The van der Waals surface area contributed by atoms with E-state index in [-0.39, 0.29) is 5.92 Å². The first kappa shape index (κ1) is 15.5. The molecule has 5 heterocycles. The fourth-order valence-electron chi connectivity index (χ4n) is 5.38. The maximum Gasteiger partial charge on any atom is 0.126 e. The maximum atomic E-state index is 13.8. The van der Waals surface area contributed by atoms with Gasteiger partial charge in [0.05, 0.1) is 6.54 Å². The van der Waals surface area contributed by atoms with Crippen LogP contribution in [0.5, 0.6) is 0 Å². The predicted molar refractivity (Wildman–Crippen MR) is 90.0 cm³/mol. The molecule has 4 aliphatic heterocycles. The van der Waals surface area contributed by atoms with Gasteiger partial charge in [-0.05, 0) is 49.5 Å². The number of hydrogen-bond donors (Lipinski definition) is 1. The number of likely N-dealkylation sites (tertiary alicyclic amines) is 1. The molecule has 1 N–H and O–H groups in total. The second kappa shape index (κ2) is 5.88. The zero-order chi connectivity index (χ0) is 17.0. The highest BCUT2D eigenvalue weighted by Gasteiger charge is 2.53. The van der Waals surface area contributed by atoms with Crippen LogP contribution in [0.4, 0.5) is 8.78 Å². The Bertz CT molecular complexity index is 735. The van der Waals surface area contributed by atoms with E-state index in [2.05, 4.69) is 19.8 Å². The van der Waals surface area contributed by atoms with E-state index in [1.165, 1.54) is 25.0 Å². The number of nitrogens with zero attached hydrogens (tertiary/aromatic N) is 3. The van der Waals surface area contributed by atoms with Crippen molar-refractivity contribution in [2.45, 2.75) is 37.4 Å². The fourth-order valence-corrected chi connectivity index (χ4v) is 5.38. The summed E-state index contributed by atoms with van der Waals surface area (Å²) in [5.41, 5.74) is 0.794. The molecule has 4 fully saturated rings. The van der Waals surface area contributed by atoms with Gasteiger partial charge in [-0.2, -0.15) is 0 Å². The molecule has 0 spiro atoms. The number of aromatic amines is 1. The van der Waals surface area contributed by atoms with Crippen LogP contribution in [0.2, 0.25) is 0 Å². The second-order valence-corrected chi connectivity index (χ2v) is 7.63. The van der Waals surface area contributed by atoms with Crippen molar-refractivity contribution in [1.29, 1.82) is 0 Å². The summed E-state index contributed by atoms with van der Waals surface area (Å²) < 4.78 is 27.6. The van der Waals surface area contributed by atoms with Crippen molar-refractivity contribution in [2.24, 2.45) is 5.92 Å². The Hall–Kier alpha value is -1.79. The first-order chi connectivity index (χ1) is 12.2. The SMILES string of the molecule is Fc1cc(F)cc([C@@H]2CN(Cc3ncc[nH]3)[C@H]3C4CCN(CC4)[C@@H]23)c1. The zero-order valence-electron chi connectivity index (χ0n) is 14.0. The van der Waals surface area contributed by atoms with E-state index in [0.717, 1.165) is 43.6 Å². The number of benzene rings is 1. The number of H-pyrrole nitrogens is 1. The molecule has 0 amide bonds. The maximum absolute atomic E-state index is 13.8. The fraction of sp³-hybridized carbons (Fsp3) is 0.526. The van der Waals surface area contributed by atoms with Crippen molar-refractivity contribution in [1.82, 2.24) is 19.8 Å². The van der Waals surface area contributed by atoms with Crippen LogP contribution in [0, 0.1) is 17.6 Å². The Kier molecular flexibility index (Phi) is 3.64. The van der Waals surface area contributed by atoms with Gasteiger partial charge in [-0.3, -0.25) is 9.80 Å². The summed E-state index contributed by atoms with van der Waals surface area (Å²) >= 11 is 0. The minimum Gasteiger partial charge on any atom is -0.348 e. The number of halogens is 2. The van der Waals surface area contributed by atoms with E-state index in [1.807, 2.05) is 6.20 Å². The lowest BCUT2D eigenvalue weighted by Crippen LogP contribution is -2.60. The lowest BCUT2D eigenvalue weighted by Gasteiger charge is -2.51. The molecule has 4 aliphatic rings. The van der Waals surface area contributed by atoms with E-state index in [0.29, 0.717) is 18.0 Å². The predicted octanol–water partition coefficient (Wildman–Crippen LogP) is 2.75. The van der Waals surface area contributed by atoms with E-state index in [9.17, 15) is 8.78 Å². The average Bonchev–Trinajstić information content (AvgIpc) is 3.24. The zero-order valence-corrected chi connectivity index (χ0v) is 14.0. The van der Waals surface area contributed by atoms with Gasteiger partial charge in [0.1, 0.15) is 17.5 Å². The van der Waals surface area contributed by atoms with Crippen LogP contribution in [-0.4, -0.2) is 51.5 Å². The third kappa shape index (κ3) is 2.59. The van der Waals surface area contributed by atoms with Gasteiger partial charge in [0, 0.05) is 43.0 Å². The van der Waals surface area contributed by atoms with Crippen molar-refractivity contribution >= 4 is 0 Å². The highest BCUT2D eigenvalue weighted by molar-refractivity contribution is 5.28. The van der Waals surface area contributed by atoms with Crippen LogP contribution < -0.4 is 0 Å². The Morgan fingerprint density at radius 1 is 1.08 bits per heavy atom. The van der Waals surface area contributed by atoms with Crippen LogP contribution >= 0.6 is 0 Å². The largest absolute Gasteiger partial charge is 0.348 e. The Morgan fingerprint density at radius 3 is 2.52 bits per heavy atom. The molecule has 4 nitrogen and oxygen atoms in total. The molecule has 0 unspecified atom stereocenters. The molecule has 3 atom stereocenters. The van der Waals surface area contributed by atoms with E-state index >= 15 is 0 Å². The lowest BCUT2D eigenvalue weighted by atomic mass is 9.75. The van der Waals surface area contributed by atoms with Crippen molar-refractivity contribution in [3.63, 3.8) is 0 Å². The topological polar surface area (TPSA) is 35.2 Å². The number of rotatable bonds is 3. The summed E-state index contributed by atoms with van der Waals surface area (Å²) in [6.07, 6.45) is 6.07. The number of imidazole rings is 1. The number of nitrogens with one attached hydrogen (secondary N) is 1. The molecule has 2 bridgehead atoms. The molecule has 0 saturated carbocycles. The summed E-state index contributed by atoms with van der Waals surface area (Å²) in [5, 5.41) is 0. The average molecular weight is 344 g/mol. The molecule has 0 aliphatic carbocycles. The van der Waals surface area contributed by atoms with Crippen LogP contribution in [0.15, 0.2) is 30.6 Å². The van der Waals surface area contributed by atoms with Crippen molar-refractivity contribution in [3.05, 3.63) is 53.6 Å². The third-order valence-electron chi connectivity index (χ3n) is 6.31. The van der Waals surface area contributed by atoms with Gasteiger partial charge in [-0.1, -0.05) is 0 Å². The minimum atomic E-state index is -0.480. The molecular weight excluding hydrogens is 322 g/mol. The van der Waals surface area contributed by atoms with Crippen molar-refractivity contribution in [3.8, 4) is 0 Å². The van der Waals surface area contributed by atoms with Gasteiger partial charge in [-0.25, -0.2) is 13.8 Å². The lowest BCUT2D eigenvalue weighted by molar-refractivity contribution is -0.00926. The monoisotopic (exact) mass is 344 g/mol. The van der Waals surface area contributed by atoms with Crippen molar-refractivity contribution in [2.75, 3.05) is 19.6 Å². The molecule has 6 heteroatoms. The quantitative estimate of drug-likeness (QED) is 0.930. The number of aromatic nitrogens is 2. The molecule has 1 aromatic heterocycles. The summed E-state index contributed by atoms with van der Waals surface area (Å²) in [4.78, 5) is 12.6. The number of piperidine rings is 3. The van der Waals surface area contributed by atoms with Gasteiger partial charge >= 0.3 is 0 Å². The summed E-state index contributed by atoms with van der Waals surface area (Å²) in [5.74, 6) is 0.821. The smallest absolute Gasteiger partial charge is 0.126 e. The van der Waals surface area contributed by atoms with Gasteiger partial charge in [0.2, 0.25) is 0 Å². The van der Waals surface area contributed by atoms with E-state index < -0.39 is 11.6 Å². The molecule has 1 aromatic carbocycles. The van der Waals surface area contributed by atoms with Crippen LogP contribution in [-0.2, 0) is 6.54 Å². The number of hydrogen-bond acceptors (Lipinski definition) is 3.